The lowest BCUT2D eigenvalue weighted by atomic mass is 9.75. The van der Waals surface area contributed by atoms with E-state index in [9.17, 15) is 34.7 Å². The van der Waals surface area contributed by atoms with E-state index in [4.69, 9.17) is 4.74 Å². The standard InChI is InChI=1S/C21H13NO8/c23-14-9-30-21(27)16(14)15(12-7-3-4-8-13(12)22(28)29)17-18(24)10-5-1-2-6-11(10)19(25)20(17)26/h1-8,15,23-24H,9H2. The molecule has 4 rings (SSSR count). The lowest BCUT2D eigenvalue weighted by Crippen LogP contribution is -2.29. The molecule has 0 amide bonds. The molecule has 1 heterocycles. The van der Waals surface area contributed by atoms with Crippen molar-refractivity contribution in [1.29, 1.82) is 0 Å². The maximum absolute atomic E-state index is 13.0. The predicted molar refractivity (Wildman–Crippen MR) is 102 cm³/mol. The average Bonchev–Trinajstić information content (AvgIpc) is 3.07. The Balaban J connectivity index is 2.07. The zero-order valence-electron chi connectivity index (χ0n) is 15.2. The molecule has 150 valence electrons. The number of benzene rings is 2. The molecule has 0 bridgehead atoms. The van der Waals surface area contributed by atoms with Gasteiger partial charge >= 0.3 is 5.97 Å². The maximum atomic E-state index is 13.0. The predicted octanol–water partition coefficient (Wildman–Crippen LogP) is 2.78. The van der Waals surface area contributed by atoms with E-state index in [1.54, 1.807) is 0 Å². The SMILES string of the molecule is O=C1OCC(O)=C1C(C1=C(O)c2ccccc2C(=O)C1=O)c1ccccc1[N+](=O)[O-]. The molecule has 2 N–H and O–H groups in total. The zero-order chi connectivity index (χ0) is 21.6. The van der Waals surface area contributed by atoms with Crippen molar-refractivity contribution in [1.82, 2.24) is 0 Å². The van der Waals surface area contributed by atoms with E-state index in [1.807, 2.05) is 0 Å². The third kappa shape index (κ3) is 2.75. The van der Waals surface area contributed by atoms with Crippen molar-refractivity contribution in [2.75, 3.05) is 6.61 Å². The Morgan fingerprint density at radius 2 is 1.53 bits per heavy atom. The van der Waals surface area contributed by atoms with Crippen molar-refractivity contribution in [2.45, 2.75) is 5.92 Å². The van der Waals surface area contributed by atoms with Gasteiger partial charge in [-0.15, -0.1) is 0 Å². The lowest BCUT2D eigenvalue weighted by Gasteiger charge is -2.24. The first-order chi connectivity index (χ1) is 14.3. The summed E-state index contributed by atoms with van der Waals surface area (Å²) < 4.78 is 4.80. The number of allylic oxidation sites excluding steroid dienone is 1. The van der Waals surface area contributed by atoms with Crippen molar-refractivity contribution in [3.05, 3.63) is 92.2 Å². The molecule has 1 aliphatic carbocycles. The number of nitrogens with zero attached hydrogens (tertiary/aromatic N) is 1. The normalized spacial score (nSPS) is 17.1. The molecule has 9 heteroatoms. The third-order valence-electron chi connectivity index (χ3n) is 5.03. The fraction of sp³-hybridized carbons (Fsp3) is 0.0952. The van der Waals surface area contributed by atoms with Crippen LogP contribution in [0.4, 0.5) is 5.69 Å². The van der Waals surface area contributed by atoms with Crippen LogP contribution in [0, 0.1) is 10.1 Å². The van der Waals surface area contributed by atoms with Crippen LogP contribution in [0.5, 0.6) is 0 Å². The van der Waals surface area contributed by atoms with Gasteiger partial charge in [0, 0.05) is 22.8 Å². The zero-order valence-corrected chi connectivity index (χ0v) is 15.2. The van der Waals surface area contributed by atoms with Crippen LogP contribution in [0.3, 0.4) is 0 Å². The number of carbonyl (C=O) groups is 3. The molecular weight excluding hydrogens is 394 g/mol. The molecule has 2 aromatic carbocycles. The minimum Gasteiger partial charge on any atom is -0.508 e. The van der Waals surface area contributed by atoms with Crippen molar-refractivity contribution < 1.29 is 34.3 Å². The van der Waals surface area contributed by atoms with Crippen molar-refractivity contribution in [2.24, 2.45) is 0 Å². The Morgan fingerprint density at radius 1 is 0.900 bits per heavy atom. The number of nitro groups is 1. The number of esters is 1. The van der Waals surface area contributed by atoms with Gasteiger partial charge in [0.2, 0.25) is 11.6 Å². The topological polar surface area (TPSA) is 144 Å². The molecule has 9 nitrogen and oxygen atoms in total. The number of ketones is 2. The van der Waals surface area contributed by atoms with E-state index in [-0.39, 0.29) is 16.7 Å². The molecule has 1 atom stereocenters. The van der Waals surface area contributed by atoms with Crippen LogP contribution in [0.1, 0.15) is 27.4 Å². The van der Waals surface area contributed by atoms with E-state index in [2.05, 4.69) is 0 Å². The number of hydrogen-bond acceptors (Lipinski definition) is 8. The summed E-state index contributed by atoms with van der Waals surface area (Å²) in [6.45, 7) is -0.488. The number of para-hydroxylation sites is 1. The Labute approximate surface area is 168 Å². The molecule has 0 spiro atoms. The monoisotopic (exact) mass is 407 g/mol. The molecule has 0 saturated carbocycles. The number of fused-ring (bicyclic) bond motifs is 1. The van der Waals surface area contributed by atoms with Crippen LogP contribution in [0.15, 0.2) is 65.4 Å². The highest BCUT2D eigenvalue weighted by Gasteiger charge is 2.45. The molecule has 0 saturated heterocycles. The van der Waals surface area contributed by atoms with Crippen molar-refractivity contribution in [3.63, 3.8) is 0 Å². The van der Waals surface area contributed by atoms with Gasteiger partial charge in [0.15, 0.2) is 0 Å². The second kappa shape index (κ2) is 6.96. The molecule has 0 radical (unpaired) electrons. The van der Waals surface area contributed by atoms with Crippen LogP contribution >= 0.6 is 0 Å². The van der Waals surface area contributed by atoms with Crippen LogP contribution < -0.4 is 0 Å². The highest BCUT2D eigenvalue weighted by molar-refractivity contribution is 6.52. The maximum Gasteiger partial charge on any atom is 0.338 e. The first kappa shape index (κ1) is 19.1. The number of cyclic esters (lactones) is 1. The minimum absolute atomic E-state index is 0.0303. The van der Waals surface area contributed by atoms with Gasteiger partial charge in [-0.1, -0.05) is 42.5 Å². The van der Waals surface area contributed by atoms with E-state index in [0.717, 1.165) is 6.07 Å². The van der Waals surface area contributed by atoms with Crippen LogP contribution in [-0.2, 0) is 14.3 Å². The summed E-state index contributed by atoms with van der Waals surface area (Å²) in [5.74, 6) is -5.79. The lowest BCUT2D eigenvalue weighted by molar-refractivity contribution is -0.385. The number of hydrogen-bond donors (Lipinski definition) is 2. The quantitative estimate of drug-likeness (QED) is 0.341. The Kier molecular flexibility index (Phi) is 4.42. The first-order valence-electron chi connectivity index (χ1n) is 8.77. The summed E-state index contributed by atoms with van der Waals surface area (Å²) in [6, 6.07) is 11.1. The Hall–Kier alpha value is -4.27. The van der Waals surface area contributed by atoms with Crippen LogP contribution in [0.2, 0.25) is 0 Å². The Bertz CT molecular complexity index is 1210. The number of Topliss-reactive ketones (excluding diaryl/α,β-unsaturated/α-hetero) is 2. The molecule has 2 aliphatic rings. The summed E-state index contributed by atoms with van der Waals surface area (Å²) in [6.07, 6.45) is 0. The first-order valence-corrected chi connectivity index (χ1v) is 8.77. The van der Waals surface area contributed by atoms with Gasteiger partial charge in [0.25, 0.3) is 5.69 Å². The fourth-order valence-corrected chi connectivity index (χ4v) is 3.70. The Morgan fingerprint density at radius 3 is 2.17 bits per heavy atom. The fourth-order valence-electron chi connectivity index (χ4n) is 3.70. The number of nitro benzene ring substituents is 1. The van der Waals surface area contributed by atoms with Crippen LogP contribution in [-0.4, -0.2) is 39.3 Å². The highest BCUT2D eigenvalue weighted by atomic mass is 16.6. The second-order valence-corrected chi connectivity index (χ2v) is 6.65. The summed E-state index contributed by atoms with van der Waals surface area (Å²) in [5, 5.41) is 32.7. The van der Waals surface area contributed by atoms with Gasteiger partial charge in [0.1, 0.15) is 18.1 Å². The van der Waals surface area contributed by atoms with Crippen molar-refractivity contribution in [3.8, 4) is 0 Å². The second-order valence-electron chi connectivity index (χ2n) is 6.65. The van der Waals surface area contributed by atoms with E-state index >= 15 is 0 Å². The molecule has 1 unspecified atom stereocenters. The number of aliphatic hydroxyl groups excluding tert-OH is 2. The van der Waals surface area contributed by atoms with Gasteiger partial charge in [-0.25, -0.2) is 4.79 Å². The summed E-state index contributed by atoms with van der Waals surface area (Å²) in [5.41, 5.74) is -1.56. The molecule has 1 aliphatic heterocycles. The molecular formula is C21H13NO8. The van der Waals surface area contributed by atoms with Crippen LogP contribution in [0.25, 0.3) is 5.76 Å². The largest absolute Gasteiger partial charge is 0.508 e. The van der Waals surface area contributed by atoms with Gasteiger partial charge < -0.3 is 14.9 Å². The van der Waals surface area contributed by atoms with E-state index in [1.165, 1.54) is 42.5 Å². The summed E-state index contributed by atoms with van der Waals surface area (Å²) in [4.78, 5) is 48.9. The van der Waals surface area contributed by atoms with Gasteiger partial charge in [-0.05, 0) is 0 Å². The highest BCUT2D eigenvalue weighted by Crippen LogP contribution is 2.45. The summed E-state index contributed by atoms with van der Waals surface area (Å²) in [7, 11) is 0. The van der Waals surface area contributed by atoms with Gasteiger partial charge in [0.05, 0.1) is 22.0 Å². The average molecular weight is 407 g/mol. The van der Waals surface area contributed by atoms with Gasteiger partial charge in [-0.3, -0.25) is 19.7 Å². The number of ether oxygens (including phenoxy) is 1. The number of carbonyl (C=O) groups excluding carboxylic acids is 3. The van der Waals surface area contributed by atoms with E-state index < -0.39 is 63.3 Å². The smallest absolute Gasteiger partial charge is 0.338 e. The molecule has 0 aromatic heterocycles. The molecule has 0 fully saturated rings. The third-order valence-corrected chi connectivity index (χ3v) is 5.03. The van der Waals surface area contributed by atoms with Gasteiger partial charge in [-0.2, -0.15) is 0 Å². The number of aliphatic hydroxyl groups is 2. The van der Waals surface area contributed by atoms with Crippen molar-refractivity contribution >= 4 is 29.0 Å². The van der Waals surface area contributed by atoms with E-state index in [0.29, 0.717) is 0 Å². The number of rotatable bonds is 4. The minimum atomic E-state index is -1.58. The molecule has 30 heavy (non-hydrogen) atoms. The summed E-state index contributed by atoms with van der Waals surface area (Å²) >= 11 is 0. The molecule has 2 aromatic rings.